The number of rotatable bonds is 7. The molecule has 2 heterocycles. The molecule has 0 unspecified atom stereocenters. The van der Waals surface area contributed by atoms with Gasteiger partial charge in [-0.15, -0.1) is 0 Å². The average Bonchev–Trinajstić information content (AvgIpc) is 3.26. The molecule has 1 aliphatic rings. The third-order valence-electron chi connectivity index (χ3n) is 5.45. The lowest BCUT2D eigenvalue weighted by atomic mass is 10.2. The number of anilines is 1. The smallest absolute Gasteiger partial charge is 0.269 e. The number of hydrogen-bond acceptors (Lipinski definition) is 7. The number of nitro benzene ring substituents is 1. The van der Waals surface area contributed by atoms with E-state index in [0.717, 1.165) is 55.0 Å². The van der Waals surface area contributed by atoms with Crippen LogP contribution in [0, 0.1) is 17.0 Å². The summed E-state index contributed by atoms with van der Waals surface area (Å²) in [5.74, 6) is -0.241. The van der Waals surface area contributed by atoms with Gasteiger partial charge in [-0.2, -0.15) is 0 Å². The largest absolute Gasteiger partial charge is 0.379 e. The maximum Gasteiger partial charge on any atom is 0.269 e. The third-order valence-corrected chi connectivity index (χ3v) is 6.99. The molecule has 10 heteroatoms. The number of thiazole rings is 1. The molecule has 1 saturated heterocycles. The highest BCUT2D eigenvalue weighted by atomic mass is 35.5. The van der Waals surface area contributed by atoms with Crippen molar-refractivity contribution in [1.29, 1.82) is 0 Å². The minimum Gasteiger partial charge on any atom is -0.379 e. The van der Waals surface area contributed by atoms with E-state index in [-0.39, 0.29) is 11.6 Å². The number of halogens is 1. The number of carbonyl (C=O) groups is 1. The first-order chi connectivity index (χ1) is 15.4. The Bertz CT molecular complexity index is 1090. The summed E-state index contributed by atoms with van der Waals surface area (Å²) in [5.41, 5.74) is 2.10. The fourth-order valence-electron chi connectivity index (χ4n) is 3.65. The molecule has 1 amide bonds. The van der Waals surface area contributed by atoms with Crippen LogP contribution in [-0.2, 0) is 4.74 Å². The molecule has 1 aliphatic heterocycles. The van der Waals surface area contributed by atoms with E-state index in [2.05, 4.69) is 4.90 Å². The molecule has 4 rings (SSSR count). The van der Waals surface area contributed by atoms with Crippen molar-refractivity contribution in [2.45, 2.75) is 13.3 Å². The SMILES string of the molecule is Cc1ccc(Cl)c2sc(N(CCCN3CCOCC3)C(=O)c3ccc([N+](=O)[O-])cc3)nc12. The number of morpholine rings is 1. The summed E-state index contributed by atoms with van der Waals surface area (Å²) in [7, 11) is 0. The lowest BCUT2D eigenvalue weighted by molar-refractivity contribution is -0.384. The topological polar surface area (TPSA) is 88.8 Å². The number of non-ortho nitro benzene ring substituents is 1. The van der Waals surface area contributed by atoms with Gasteiger partial charge >= 0.3 is 0 Å². The lowest BCUT2D eigenvalue weighted by Crippen LogP contribution is -2.39. The van der Waals surface area contributed by atoms with E-state index in [9.17, 15) is 14.9 Å². The number of benzene rings is 2. The van der Waals surface area contributed by atoms with Gasteiger partial charge in [0.25, 0.3) is 11.6 Å². The van der Waals surface area contributed by atoms with Crippen LogP contribution in [0.15, 0.2) is 36.4 Å². The highest BCUT2D eigenvalue weighted by Crippen LogP contribution is 2.36. The van der Waals surface area contributed by atoms with Gasteiger partial charge in [-0.3, -0.25) is 24.7 Å². The fraction of sp³-hybridized carbons (Fsp3) is 0.364. The standard InChI is InChI=1S/C22H23ClN4O4S/c1-15-3-8-18(23)20-19(15)24-22(32-20)26(10-2-9-25-11-13-31-14-12-25)21(28)16-4-6-17(7-5-16)27(29)30/h3-8H,2,9-14H2,1H3. The molecule has 0 radical (unpaired) electrons. The van der Waals surface area contributed by atoms with Crippen LogP contribution in [0.1, 0.15) is 22.3 Å². The van der Waals surface area contributed by atoms with Crippen LogP contribution in [0.3, 0.4) is 0 Å². The molecular formula is C22H23ClN4O4S. The predicted molar refractivity (Wildman–Crippen MR) is 126 cm³/mol. The number of aromatic nitrogens is 1. The van der Waals surface area contributed by atoms with E-state index < -0.39 is 4.92 Å². The van der Waals surface area contributed by atoms with Crippen LogP contribution in [-0.4, -0.2) is 60.1 Å². The van der Waals surface area contributed by atoms with Crippen molar-refractivity contribution in [3.05, 3.63) is 62.7 Å². The molecule has 0 aliphatic carbocycles. The molecular weight excluding hydrogens is 452 g/mol. The summed E-state index contributed by atoms with van der Waals surface area (Å²) < 4.78 is 6.24. The molecule has 0 bridgehead atoms. The number of carbonyl (C=O) groups excluding carboxylic acids is 1. The lowest BCUT2D eigenvalue weighted by Gasteiger charge is -2.27. The average molecular weight is 475 g/mol. The van der Waals surface area contributed by atoms with Crippen LogP contribution < -0.4 is 4.90 Å². The highest BCUT2D eigenvalue weighted by Gasteiger charge is 2.23. The van der Waals surface area contributed by atoms with E-state index in [1.54, 1.807) is 4.90 Å². The first kappa shape index (κ1) is 22.6. The maximum absolute atomic E-state index is 13.4. The Balaban J connectivity index is 1.61. The molecule has 168 valence electrons. The molecule has 0 N–H and O–H groups in total. The Morgan fingerprint density at radius 1 is 1.25 bits per heavy atom. The zero-order valence-electron chi connectivity index (χ0n) is 17.6. The normalized spacial score (nSPS) is 14.6. The molecule has 32 heavy (non-hydrogen) atoms. The van der Waals surface area contributed by atoms with E-state index in [0.29, 0.717) is 22.3 Å². The number of nitrogens with zero attached hydrogens (tertiary/aromatic N) is 4. The van der Waals surface area contributed by atoms with Crippen molar-refractivity contribution in [1.82, 2.24) is 9.88 Å². The Kier molecular flexibility index (Phi) is 7.00. The van der Waals surface area contributed by atoms with Crippen molar-refractivity contribution >= 4 is 49.9 Å². The number of nitro groups is 1. The number of amides is 1. The highest BCUT2D eigenvalue weighted by molar-refractivity contribution is 7.23. The molecule has 2 aromatic carbocycles. The second-order valence-corrected chi connectivity index (χ2v) is 8.99. The Morgan fingerprint density at radius 2 is 1.97 bits per heavy atom. The van der Waals surface area contributed by atoms with E-state index in [1.807, 2.05) is 19.1 Å². The van der Waals surface area contributed by atoms with Crippen molar-refractivity contribution in [2.24, 2.45) is 0 Å². The van der Waals surface area contributed by atoms with Crippen LogP contribution in [0.4, 0.5) is 10.8 Å². The van der Waals surface area contributed by atoms with Gasteiger partial charge in [0, 0.05) is 43.9 Å². The zero-order chi connectivity index (χ0) is 22.7. The Morgan fingerprint density at radius 3 is 2.62 bits per heavy atom. The van der Waals surface area contributed by atoms with Crippen LogP contribution >= 0.6 is 22.9 Å². The van der Waals surface area contributed by atoms with Crippen molar-refractivity contribution < 1.29 is 14.5 Å². The zero-order valence-corrected chi connectivity index (χ0v) is 19.2. The van der Waals surface area contributed by atoms with Gasteiger partial charge in [0.05, 0.1) is 33.4 Å². The maximum atomic E-state index is 13.4. The Labute approximate surface area is 194 Å². The second-order valence-electron chi connectivity index (χ2n) is 7.61. The quantitative estimate of drug-likeness (QED) is 0.369. The number of ether oxygens (including phenoxy) is 1. The van der Waals surface area contributed by atoms with E-state index in [1.165, 1.54) is 35.6 Å². The summed E-state index contributed by atoms with van der Waals surface area (Å²) in [5, 5.41) is 12.1. The van der Waals surface area contributed by atoms with Gasteiger partial charge in [-0.25, -0.2) is 4.98 Å². The molecule has 1 fully saturated rings. The molecule has 1 aromatic heterocycles. The number of aryl methyl sites for hydroxylation is 1. The van der Waals surface area contributed by atoms with Crippen molar-refractivity contribution in [3.63, 3.8) is 0 Å². The number of fused-ring (bicyclic) bond motifs is 1. The monoisotopic (exact) mass is 474 g/mol. The fourth-order valence-corrected chi connectivity index (χ4v) is 4.99. The molecule has 0 atom stereocenters. The minimum atomic E-state index is -0.479. The van der Waals surface area contributed by atoms with Crippen molar-refractivity contribution in [3.8, 4) is 0 Å². The molecule has 0 spiro atoms. The Hall–Kier alpha value is -2.59. The van der Waals surface area contributed by atoms with Gasteiger partial charge in [0.1, 0.15) is 0 Å². The van der Waals surface area contributed by atoms with Crippen LogP contribution in [0.5, 0.6) is 0 Å². The molecule has 8 nitrogen and oxygen atoms in total. The minimum absolute atomic E-state index is 0.0530. The summed E-state index contributed by atoms with van der Waals surface area (Å²) in [6.07, 6.45) is 0.765. The first-order valence-electron chi connectivity index (χ1n) is 10.4. The van der Waals surface area contributed by atoms with Crippen molar-refractivity contribution in [2.75, 3.05) is 44.3 Å². The third kappa shape index (κ3) is 4.91. The van der Waals surface area contributed by atoms with Gasteiger partial charge in [-0.1, -0.05) is 29.0 Å². The van der Waals surface area contributed by atoms with Gasteiger partial charge in [0.2, 0.25) is 0 Å². The van der Waals surface area contributed by atoms with Crippen LogP contribution in [0.25, 0.3) is 10.2 Å². The molecule has 3 aromatic rings. The second kappa shape index (κ2) is 9.91. The summed E-state index contributed by atoms with van der Waals surface area (Å²) in [6.45, 7) is 6.49. The summed E-state index contributed by atoms with van der Waals surface area (Å²) >= 11 is 7.76. The predicted octanol–water partition coefficient (Wildman–Crippen LogP) is 4.54. The van der Waals surface area contributed by atoms with E-state index in [4.69, 9.17) is 21.3 Å². The summed E-state index contributed by atoms with van der Waals surface area (Å²) in [6, 6.07) is 9.41. The first-order valence-corrected chi connectivity index (χ1v) is 11.6. The van der Waals surface area contributed by atoms with Crippen LogP contribution in [0.2, 0.25) is 5.02 Å². The number of hydrogen-bond donors (Lipinski definition) is 0. The van der Waals surface area contributed by atoms with E-state index >= 15 is 0 Å². The molecule has 0 saturated carbocycles. The van der Waals surface area contributed by atoms with Gasteiger partial charge < -0.3 is 4.74 Å². The summed E-state index contributed by atoms with van der Waals surface area (Å²) in [4.78, 5) is 32.6. The van der Waals surface area contributed by atoms with Gasteiger partial charge in [0.15, 0.2) is 5.13 Å². The van der Waals surface area contributed by atoms with Gasteiger partial charge in [-0.05, 0) is 37.1 Å².